The molecule has 4 rings (SSSR count). The van der Waals surface area contributed by atoms with Gasteiger partial charge in [0, 0.05) is 12.3 Å². The molecule has 0 radical (unpaired) electrons. The summed E-state index contributed by atoms with van der Waals surface area (Å²) in [7, 11) is 0. The average Bonchev–Trinajstić information content (AvgIpc) is 2.22. The molecular formula is C14H26ClNS. The number of halogens is 1. The Kier molecular flexibility index (Phi) is 4.71. The van der Waals surface area contributed by atoms with Crippen LogP contribution in [0.1, 0.15) is 44.9 Å². The molecule has 4 fully saturated rings. The summed E-state index contributed by atoms with van der Waals surface area (Å²) in [5.41, 5.74) is 0.762. The Labute approximate surface area is 117 Å². The predicted octanol–water partition coefficient (Wildman–Crippen LogP) is 3.53. The summed E-state index contributed by atoms with van der Waals surface area (Å²) >= 11 is 4.25. The molecule has 0 aromatic heterocycles. The highest BCUT2D eigenvalue weighted by atomic mass is 35.5. The van der Waals surface area contributed by atoms with E-state index in [4.69, 9.17) is 0 Å². The van der Waals surface area contributed by atoms with Gasteiger partial charge in [-0.2, -0.15) is 12.6 Å². The number of thiol groups is 1. The largest absolute Gasteiger partial charge is 0.316 e. The molecule has 4 saturated carbocycles. The van der Waals surface area contributed by atoms with Crippen molar-refractivity contribution in [1.82, 2.24) is 5.32 Å². The first-order valence-electron chi connectivity index (χ1n) is 7.11. The monoisotopic (exact) mass is 275 g/mol. The minimum absolute atomic E-state index is 0. The normalized spacial score (nSPS) is 42.5. The van der Waals surface area contributed by atoms with Crippen LogP contribution in [0.15, 0.2) is 0 Å². The summed E-state index contributed by atoms with van der Waals surface area (Å²) in [6.45, 7) is 2.31. The van der Waals surface area contributed by atoms with Gasteiger partial charge in [0.2, 0.25) is 0 Å². The van der Waals surface area contributed by atoms with Crippen LogP contribution in [0.5, 0.6) is 0 Å². The van der Waals surface area contributed by atoms with Gasteiger partial charge in [-0.3, -0.25) is 0 Å². The van der Waals surface area contributed by atoms with Crippen molar-refractivity contribution in [2.24, 2.45) is 23.2 Å². The summed E-state index contributed by atoms with van der Waals surface area (Å²) < 4.78 is 0. The van der Waals surface area contributed by atoms with E-state index in [1.807, 2.05) is 0 Å². The third-order valence-corrected chi connectivity index (χ3v) is 5.51. The zero-order valence-electron chi connectivity index (χ0n) is 10.7. The van der Waals surface area contributed by atoms with Gasteiger partial charge in [-0.25, -0.2) is 0 Å². The van der Waals surface area contributed by atoms with E-state index in [1.54, 1.807) is 38.5 Å². The van der Waals surface area contributed by atoms with Gasteiger partial charge < -0.3 is 5.32 Å². The fourth-order valence-electron chi connectivity index (χ4n) is 5.15. The Balaban J connectivity index is 0.00000108. The van der Waals surface area contributed by atoms with Crippen LogP contribution in [0.4, 0.5) is 0 Å². The van der Waals surface area contributed by atoms with E-state index in [9.17, 15) is 0 Å². The van der Waals surface area contributed by atoms with Gasteiger partial charge in [0.05, 0.1) is 0 Å². The number of hydrogen-bond acceptors (Lipinski definition) is 2. The van der Waals surface area contributed by atoms with Gasteiger partial charge in [0.15, 0.2) is 0 Å². The van der Waals surface area contributed by atoms with Crippen LogP contribution in [0.3, 0.4) is 0 Å². The van der Waals surface area contributed by atoms with E-state index in [0.717, 1.165) is 35.5 Å². The standard InChI is InChI=1S/C14H25NS.ClH/c16-4-3-15-2-1-14-8-11-5-12(9-14)7-13(6-11)10-14;/h11-13,15-16H,1-10H2;1H. The first kappa shape index (κ1) is 14.0. The lowest BCUT2D eigenvalue weighted by atomic mass is 9.49. The van der Waals surface area contributed by atoms with Gasteiger partial charge in [0.25, 0.3) is 0 Å². The predicted molar refractivity (Wildman–Crippen MR) is 79.2 cm³/mol. The zero-order chi connectivity index (χ0) is 11.0. The highest BCUT2D eigenvalue weighted by Crippen LogP contribution is 2.61. The van der Waals surface area contributed by atoms with Crippen molar-refractivity contribution in [2.45, 2.75) is 44.9 Å². The first-order valence-corrected chi connectivity index (χ1v) is 7.74. The highest BCUT2D eigenvalue weighted by Gasteiger charge is 2.50. The molecule has 0 saturated heterocycles. The SMILES string of the molecule is Cl.SCCNCCC12CC3CC(CC(C3)C1)C2. The second-order valence-electron chi connectivity index (χ2n) is 6.64. The smallest absolute Gasteiger partial charge is 0.00397 e. The second-order valence-corrected chi connectivity index (χ2v) is 7.09. The molecule has 0 aromatic carbocycles. The van der Waals surface area contributed by atoms with Crippen molar-refractivity contribution in [3.8, 4) is 0 Å². The zero-order valence-corrected chi connectivity index (χ0v) is 12.4. The van der Waals surface area contributed by atoms with Crippen molar-refractivity contribution in [2.75, 3.05) is 18.8 Å². The Morgan fingerprint density at radius 1 is 0.941 bits per heavy atom. The van der Waals surface area contributed by atoms with Crippen molar-refractivity contribution < 1.29 is 0 Å². The summed E-state index contributed by atoms with van der Waals surface area (Å²) in [4.78, 5) is 0. The molecule has 1 nitrogen and oxygen atoms in total. The van der Waals surface area contributed by atoms with Crippen molar-refractivity contribution >= 4 is 25.0 Å². The molecule has 0 unspecified atom stereocenters. The lowest BCUT2D eigenvalue weighted by Crippen LogP contribution is -2.47. The molecule has 0 spiro atoms. The third-order valence-electron chi connectivity index (χ3n) is 5.29. The van der Waals surface area contributed by atoms with Crippen LogP contribution in [-0.4, -0.2) is 18.8 Å². The number of rotatable bonds is 5. The lowest BCUT2D eigenvalue weighted by Gasteiger charge is -2.57. The molecule has 4 bridgehead atoms. The maximum atomic E-state index is 4.25. The van der Waals surface area contributed by atoms with Crippen LogP contribution < -0.4 is 5.32 Å². The summed E-state index contributed by atoms with van der Waals surface area (Å²) in [6.07, 6.45) is 10.8. The van der Waals surface area contributed by atoms with E-state index in [2.05, 4.69) is 17.9 Å². The Morgan fingerprint density at radius 3 is 1.94 bits per heavy atom. The number of nitrogens with one attached hydrogen (secondary N) is 1. The van der Waals surface area contributed by atoms with Crippen LogP contribution in [0, 0.1) is 23.2 Å². The van der Waals surface area contributed by atoms with Crippen molar-refractivity contribution in [3.63, 3.8) is 0 Å². The van der Waals surface area contributed by atoms with Gasteiger partial charge in [-0.05, 0) is 74.7 Å². The van der Waals surface area contributed by atoms with E-state index in [1.165, 1.54) is 13.0 Å². The fraction of sp³-hybridized carbons (Fsp3) is 1.00. The first-order chi connectivity index (χ1) is 7.80. The maximum absolute atomic E-state index is 4.25. The van der Waals surface area contributed by atoms with E-state index < -0.39 is 0 Å². The fourth-order valence-corrected chi connectivity index (χ4v) is 5.31. The molecule has 0 amide bonds. The van der Waals surface area contributed by atoms with E-state index in [-0.39, 0.29) is 12.4 Å². The molecule has 0 aliphatic heterocycles. The Bertz CT molecular complexity index is 221. The quantitative estimate of drug-likeness (QED) is 0.578. The molecule has 4 aliphatic carbocycles. The van der Waals surface area contributed by atoms with Gasteiger partial charge in [-0.15, -0.1) is 12.4 Å². The molecule has 1 N–H and O–H groups in total. The minimum Gasteiger partial charge on any atom is -0.316 e. The minimum atomic E-state index is 0. The Hall–Kier alpha value is 0.600. The van der Waals surface area contributed by atoms with E-state index >= 15 is 0 Å². The molecule has 100 valence electrons. The summed E-state index contributed by atoms with van der Waals surface area (Å²) in [5.74, 6) is 4.30. The van der Waals surface area contributed by atoms with Gasteiger partial charge >= 0.3 is 0 Å². The van der Waals surface area contributed by atoms with Crippen LogP contribution in [0.2, 0.25) is 0 Å². The molecule has 0 aromatic rings. The maximum Gasteiger partial charge on any atom is 0.00397 e. The second kappa shape index (κ2) is 5.71. The molecule has 3 heteroatoms. The average molecular weight is 276 g/mol. The van der Waals surface area contributed by atoms with Gasteiger partial charge in [0.1, 0.15) is 0 Å². The number of hydrogen-bond donors (Lipinski definition) is 2. The van der Waals surface area contributed by atoms with Crippen LogP contribution in [-0.2, 0) is 0 Å². The summed E-state index contributed by atoms with van der Waals surface area (Å²) in [5, 5.41) is 3.53. The van der Waals surface area contributed by atoms with Crippen LogP contribution >= 0.6 is 25.0 Å². The molecule has 17 heavy (non-hydrogen) atoms. The topological polar surface area (TPSA) is 12.0 Å². The third kappa shape index (κ3) is 2.96. The van der Waals surface area contributed by atoms with Crippen LogP contribution in [0.25, 0.3) is 0 Å². The highest BCUT2D eigenvalue weighted by molar-refractivity contribution is 7.80. The van der Waals surface area contributed by atoms with Crippen molar-refractivity contribution in [3.05, 3.63) is 0 Å². The molecule has 0 atom stereocenters. The molecular weight excluding hydrogens is 250 g/mol. The van der Waals surface area contributed by atoms with Crippen molar-refractivity contribution in [1.29, 1.82) is 0 Å². The van der Waals surface area contributed by atoms with Gasteiger partial charge in [-0.1, -0.05) is 0 Å². The lowest BCUT2D eigenvalue weighted by molar-refractivity contribution is -0.0566. The Morgan fingerprint density at radius 2 is 1.47 bits per heavy atom. The molecule has 0 heterocycles. The van der Waals surface area contributed by atoms with E-state index in [0.29, 0.717) is 0 Å². The molecule has 4 aliphatic rings. The summed E-state index contributed by atoms with van der Waals surface area (Å²) in [6, 6.07) is 0.